The molecular formula is C15H14BrF3N2O2S. The second-order valence-corrected chi connectivity index (χ2v) is 7.82. The highest BCUT2D eigenvalue weighted by Gasteiger charge is 2.58. The van der Waals surface area contributed by atoms with Crippen molar-refractivity contribution in [1.29, 1.82) is 0 Å². The van der Waals surface area contributed by atoms with Crippen LogP contribution in [-0.2, 0) is 10.3 Å². The number of ether oxygens (including phenoxy) is 1. The third-order valence-electron chi connectivity index (χ3n) is 3.99. The third-order valence-corrected chi connectivity index (χ3v) is 4.81. The van der Waals surface area contributed by atoms with E-state index in [1.807, 2.05) is 0 Å². The van der Waals surface area contributed by atoms with Gasteiger partial charge in [0.05, 0.1) is 0 Å². The molecular weight excluding hydrogens is 409 g/mol. The minimum absolute atomic E-state index is 0.163. The molecule has 0 bridgehead atoms. The smallest absolute Gasteiger partial charge is 0.406 e. The Kier molecular flexibility index (Phi) is 3.87. The molecule has 1 aromatic carbocycles. The number of alkyl halides is 3. The summed E-state index contributed by atoms with van der Waals surface area (Å²) in [7, 11) is 0. The zero-order valence-corrected chi connectivity index (χ0v) is 15.2. The van der Waals surface area contributed by atoms with E-state index in [9.17, 15) is 18.0 Å². The number of thiocarbonyl (C=S) groups is 1. The Morgan fingerprint density at radius 2 is 2.08 bits per heavy atom. The molecule has 4 nitrogen and oxygen atoms in total. The first kappa shape index (κ1) is 17.5. The number of hydrogen-bond acceptors (Lipinski definition) is 3. The van der Waals surface area contributed by atoms with Gasteiger partial charge in [-0.1, -0.05) is 15.9 Å². The van der Waals surface area contributed by atoms with Crippen LogP contribution in [0.1, 0.15) is 25.8 Å². The Morgan fingerprint density at radius 1 is 1.42 bits per heavy atom. The number of benzene rings is 1. The van der Waals surface area contributed by atoms with Crippen molar-refractivity contribution in [2.45, 2.75) is 37.6 Å². The SMILES string of the molecule is CC1(C)CC2(NC(=S)N(CC(F)(F)F)C2=O)c2cc(Br)ccc2O1. The van der Waals surface area contributed by atoms with Gasteiger partial charge in [-0.15, -0.1) is 0 Å². The molecule has 0 radical (unpaired) electrons. The number of carbonyl (C=O) groups is 1. The minimum atomic E-state index is -4.53. The number of carbonyl (C=O) groups excluding carboxylic acids is 1. The van der Waals surface area contributed by atoms with Gasteiger partial charge in [-0.05, 0) is 44.3 Å². The van der Waals surface area contributed by atoms with Crippen LogP contribution in [0.5, 0.6) is 5.75 Å². The van der Waals surface area contributed by atoms with Crippen molar-refractivity contribution in [2.75, 3.05) is 6.54 Å². The molecule has 0 aliphatic carbocycles. The summed E-state index contributed by atoms with van der Waals surface area (Å²) in [5.74, 6) is -0.257. The van der Waals surface area contributed by atoms with Gasteiger partial charge in [0.1, 0.15) is 17.9 Å². The summed E-state index contributed by atoms with van der Waals surface area (Å²) in [6.45, 7) is 2.15. The fourth-order valence-electron chi connectivity index (χ4n) is 3.24. The average Bonchev–Trinajstić information content (AvgIpc) is 2.63. The number of hydrogen-bond donors (Lipinski definition) is 1. The van der Waals surface area contributed by atoms with Gasteiger partial charge in [0.15, 0.2) is 10.7 Å². The molecule has 1 unspecified atom stereocenters. The zero-order chi connectivity index (χ0) is 17.9. The molecule has 24 heavy (non-hydrogen) atoms. The molecule has 130 valence electrons. The topological polar surface area (TPSA) is 41.6 Å². The van der Waals surface area contributed by atoms with Crippen LogP contribution in [0.25, 0.3) is 0 Å². The van der Waals surface area contributed by atoms with Gasteiger partial charge in [0, 0.05) is 16.5 Å². The first-order valence-electron chi connectivity index (χ1n) is 7.13. The molecule has 2 heterocycles. The van der Waals surface area contributed by atoms with E-state index in [1.54, 1.807) is 32.0 Å². The molecule has 1 atom stereocenters. The van der Waals surface area contributed by atoms with Crippen LogP contribution in [0.4, 0.5) is 13.2 Å². The molecule has 2 aliphatic rings. The van der Waals surface area contributed by atoms with Gasteiger partial charge >= 0.3 is 6.18 Å². The number of halogens is 4. The second kappa shape index (κ2) is 5.32. The Labute approximate surface area is 150 Å². The maximum absolute atomic E-state index is 12.9. The van der Waals surface area contributed by atoms with Crippen LogP contribution in [0, 0.1) is 0 Å². The van der Waals surface area contributed by atoms with Crippen LogP contribution < -0.4 is 10.1 Å². The predicted octanol–water partition coefficient (Wildman–Crippen LogP) is 3.48. The molecule has 1 fully saturated rings. The van der Waals surface area contributed by atoms with Crippen molar-refractivity contribution < 1.29 is 22.7 Å². The number of nitrogens with zero attached hydrogens (tertiary/aromatic N) is 1. The zero-order valence-electron chi connectivity index (χ0n) is 12.8. The summed E-state index contributed by atoms with van der Waals surface area (Å²) < 4.78 is 45.0. The lowest BCUT2D eigenvalue weighted by molar-refractivity contribution is -0.155. The number of fused-ring (bicyclic) bond motifs is 2. The fourth-order valence-corrected chi connectivity index (χ4v) is 3.93. The van der Waals surface area contributed by atoms with Crippen LogP contribution >= 0.6 is 28.1 Å². The van der Waals surface area contributed by atoms with E-state index >= 15 is 0 Å². The number of amides is 1. The average molecular weight is 423 g/mol. The molecule has 1 N–H and O–H groups in total. The maximum Gasteiger partial charge on any atom is 0.406 e. The molecule has 2 aliphatic heterocycles. The van der Waals surface area contributed by atoms with Gasteiger partial charge in [-0.3, -0.25) is 9.69 Å². The van der Waals surface area contributed by atoms with Gasteiger partial charge in [-0.25, -0.2) is 0 Å². The van der Waals surface area contributed by atoms with Gasteiger partial charge in [-0.2, -0.15) is 13.2 Å². The molecule has 1 amide bonds. The largest absolute Gasteiger partial charge is 0.487 e. The lowest BCUT2D eigenvalue weighted by Gasteiger charge is -2.42. The Bertz CT molecular complexity index is 738. The van der Waals surface area contributed by atoms with Crippen LogP contribution in [0.2, 0.25) is 0 Å². The van der Waals surface area contributed by atoms with Crippen LogP contribution in [0.15, 0.2) is 22.7 Å². The molecule has 1 saturated heterocycles. The van der Waals surface area contributed by atoms with Gasteiger partial charge in [0.2, 0.25) is 0 Å². The summed E-state index contributed by atoms with van der Waals surface area (Å²) in [5, 5.41) is 2.62. The maximum atomic E-state index is 12.9. The van der Waals surface area contributed by atoms with Crippen molar-refractivity contribution in [1.82, 2.24) is 10.2 Å². The van der Waals surface area contributed by atoms with Crippen LogP contribution in [-0.4, -0.2) is 34.2 Å². The van der Waals surface area contributed by atoms with Crippen molar-refractivity contribution in [3.63, 3.8) is 0 Å². The monoisotopic (exact) mass is 422 g/mol. The third kappa shape index (κ3) is 2.88. The molecule has 0 aromatic heterocycles. The van der Waals surface area contributed by atoms with Crippen molar-refractivity contribution >= 4 is 39.2 Å². The van der Waals surface area contributed by atoms with E-state index in [2.05, 4.69) is 21.2 Å². The van der Waals surface area contributed by atoms with Crippen molar-refractivity contribution in [3.05, 3.63) is 28.2 Å². The summed E-state index contributed by atoms with van der Waals surface area (Å²) in [6.07, 6.45) is -4.37. The normalized spacial score (nSPS) is 25.5. The predicted molar refractivity (Wildman–Crippen MR) is 88.6 cm³/mol. The molecule has 1 spiro atoms. The first-order valence-corrected chi connectivity index (χ1v) is 8.34. The highest BCUT2D eigenvalue weighted by Crippen LogP contribution is 2.47. The minimum Gasteiger partial charge on any atom is -0.487 e. The standard InChI is InChI=1S/C15H14BrF3N2O2S/c1-13(2)6-14(9-5-8(16)3-4-10(9)23-13)11(22)21(12(24)20-14)7-15(17,18)19/h3-5H,6-7H2,1-2H3,(H,20,24). The van der Waals surface area contributed by atoms with E-state index in [-0.39, 0.29) is 11.5 Å². The quantitative estimate of drug-likeness (QED) is 0.703. The fraction of sp³-hybridized carbons (Fsp3) is 0.467. The van der Waals surface area contributed by atoms with Crippen LogP contribution in [0.3, 0.4) is 0 Å². The second-order valence-electron chi connectivity index (χ2n) is 6.52. The van der Waals surface area contributed by atoms with E-state index in [0.717, 1.165) is 0 Å². The summed E-state index contributed by atoms with van der Waals surface area (Å²) in [5.41, 5.74) is -1.62. The van der Waals surface area contributed by atoms with Crippen molar-refractivity contribution in [3.8, 4) is 5.75 Å². The van der Waals surface area contributed by atoms with Crippen molar-refractivity contribution in [2.24, 2.45) is 0 Å². The Morgan fingerprint density at radius 3 is 2.71 bits per heavy atom. The molecule has 0 saturated carbocycles. The highest BCUT2D eigenvalue weighted by molar-refractivity contribution is 9.10. The van der Waals surface area contributed by atoms with E-state index in [1.165, 1.54) is 0 Å². The Balaban J connectivity index is 2.12. The lowest BCUT2D eigenvalue weighted by Crippen LogP contribution is -2.54. The first-order chi connectivity index (χ1) is 10.9. The summed E-state index contributed by atoms with van der Waals surface area (Å²) in [6, 6.07) is 5.11. The Hall–Kier alpha value is -1.35. The molecule has 1 aromatic rings. The van der Waals surface area contributed by atoms with E-state index < -0.39 is 29.8 Å². The van der Waals surface area contributed by atoms with E-state index in [4.69, 9.17) is 17.0 Å². The highest BCUT2D eigenvalue weighted by atomic mass is 79.9. The van der Waals surface area contributed by atoms with E-state index in [0.29, 0.717) is 20.7 Å². The van der Waals surface area contributed by atoms with Gasteiger partial charge < -0.3 is 10.1 Å². The molecule has 9 heteroatoms. The lowest BCUT2D eigenvalue weighted by atomic mass is 9.77. The summed E-state index contributed by atoms with van der Waals surface area (Å²) >= 11 is 8.34. The van der Waals surface area contributed by atoms with Gasteiger partial charge in [0.25, 0.3) is 5.91 Å². The number of rotatable bonds is 1. The number of nitrogens with one attached hydrogen (secondary N) is 1. The molecule has 3 rings (SSSR count). The summed E-state index contributed by atoms with van der Waals surface area (Å²) in [4.78, 5) is 13.5.